The smallest absolute Gasteiger partial charge is 0.251 e. The van der Waals surface area contributed by atoms with Crippen molar-refractivity contribution in [2.24, 2.45) is 0 Å². The van der Waals surface area contributed by atoms with E-state index >= 15 is 0 Å². The number of carbonyl (C=O) groups excluding carboxylic acids is 2. The molecule has 0 heterocycles. The van der Waals surface area contributed by atoms with E-state index < -0.39 is 0 Å². The number of anilines is 1. The second-order valence-corrected chi connectivity index (χ2v) is 4.13. The molecule has 2 N–H and O–H groups in total. The molecule has 0 aliphatic heterocycles. The zero-order valence-electron chi connectivity index (χ0n) is 11.4. The van der Waals surface area contributed by atoms with Crippen LogP contribution in [-0.4, -0.2) is 32.1 Å². The number of rotatable bonds is 7. The summed E-state index contributed by atoms with van der Waals surface area (Å²) in [6.07, 6.45) is 1.27. The van der Waals surface area contributed by atoms with Crippen molar-refractivity contribution in [1.82, 2.24) is 5.32 Å². The highest BCUT2D eigenvalue weighted by atomic mass is 16.5. The second-order valence-electron chi connectivity index (χ2n) is 4.13. The maximum absolute atomic E-state index is 11.8. The highest BCUT2D eigenvalue weighted by molar-refractivity contribution is 5.97. The van der Waals surface area contributed by atoms with Gasteiger partial charge >= 0.3 is 0 Å². The Bertz CT molecular complexity index is 432. The number of methoxy groups -OCH3 is 1. The van der Waals surface area contributed by atoms with Gasteiger partial charge in [0, 0.05) is 31.3 Å². The first-order valence-corrected chi connectivity index (χ1v) is 6.34. The van der Waals surface area contributed by atoms with Gasteiger partial charge in [-0.3, -0.25) is 9.59 Å². The van der Waals surface area contributed by atoms with Crippen molar-refractivity contribution >= 4 is 17.5 Å². The molecule has 2 amide bonds. The van der Waals surface area contributed by atoms with Crippen LogP contribution in [0.3, 0.4) is 0 Å². The molecule has 0 saturated heterocycles. The predicted molar refractivity (Wildman–Crippen MR) is 74.2 cm³/mol. The number of nitrogens with one attached hydrogen (secondary N) is 2. The molecule has 0 radical (unpaired) electrons. The van der Waals surface area contributed by atoms with E-state index in [1.807, 2.05) is 6.92 Å². The molecule has 1 rings (SSSR count). The zero-order valence-corrected chi connectivity index (χ0v) is 11.4. The van der Waals surface area contributed by atoms with Crippen LogP contribution in [0.15, 0.2) is 24.3 Å². The van der Waals surface area contributed by atoms with Crippen LogP contribution in [0.2, 0.25) is 0 Å². The van der Waals surface area contributed by atoms with Crippen molar-refractivity contribution in [3.8, 4) is 0 Å². The van der Waals surface area contributed by atoms with Gasteiger partial charge in [0.05, 0.1) is 6.61 Å². The summed E-state index contributed by atoms with van der Waals surface area (Å²) >= 11 is 0. The molecule has 5 heteroatoms. The minimum absolute atomic E-state index is 0.0422. The molecule has 0 aromatic heterocycles. The normalized spacial score (nSPS) is 10.0. The van der Waals surface area contributed by atoms with Gasteiger partial charge in [0.15, 0.2) is 0 Å². The third kappa shape index (κ3) is 5.52. The monoisotopic (exact) mass is 264 g/mol. The average Bonchev–Trinajstić information content (AvgIpc) is 2.39. The zero-order chi connectivity index (χ0) is 14.1. The molecule has 0 fully saturated rings. The first-order chi connectivity index (χ1) is 9.17. The lowest BCUT2D eigenvalue weighted by molar-refractivity contribution is -0.116. The molecule has 1 aromatic rings. The number of hydrogen-bond acceptors (Lipinski definition) is 3. The van der Waals surface area contributed by atoms with E-state index in [-0.39, 0.29) is 11.8 Å². The molecular formula is C14H20N2O3. The second kappa shape index (κ2) is 8.26. The first-order valence-electron chi connectivity index (χ1n) is 6.34. The molecule has 0 spiro atoms. The minimum Gasteiger partial charge on any atom is -0.383 e. The Kier molecular flexibility index (Phi) is 6.60. The number of carbonyl (C=O) groups is 2. The lowest BCUT2D eigenvalue weighted by Gasteiger charge is -2.07. The van der Waals surface area contributed by atoms with E-state index in [1.54, 1.807) is 31.4 Å². The van der Waals surface area contributed by atoms with Crippen molar-refractivity contribution in [2.75, 3.05) is 25.6 Å². The fourth-order valence-corrected chi connectivity index (χ4v) is 1.56. The molecule has 1 aromatic carbocycles. The number of hydrogen-bond donors (Lipinski definition) is 2. The SMILES string of the molecule is CCCC(=O)Nc1cccc(C(=O)NCCOC)c1. The Hall–Kier alpha value is -1.88. The largest absolute Gasteiger partial charge is 0.383 e. The Labute approximate surface area is 113 Å². The molecule has 0 unspecified atom stereocenters. The van der Waals surface area contributed by atoms with Gasteiger partial charge < -0.3 is 15.4 Å². The summed E-state index contributed by atoms with van der Waals surface area (Å²) in [6, 6.07) is 6.87. The lowest BCUT2D eigenvalue weighted by atomic mass is 10.2. The highest BCUT2D eigenvalue weighted by Crippen LogP contribution is 2.11. The minimum atomic E-state index is -0.177. The summed E-state index contributed by atoms with van der Waals surface area (Å²) in [5.74, 6) is -0.219. The van der Waals surface area contributed by atoms with Crippen LogP contribution in [0.25, 0.3) is 0 Å². The fraction of sp³-hybridized carbons (Fsp3) is 0.429. The van der Waals surface area contributed by atoms with Gasteiger partial charge in [0.1, 0.15) is 0 Å². The van der Waals surface area contributed by atoms with Crippen LogP contribution >= 0.6 is 0 Å². The van der Waals surface area contributed by atoms with E-state index in [0.717, 1.165) is 6.42 Å². The molecule has 5 nitrogen and oxygen atoms in total. The summed E-state index contributed by atoms with van der Waals surface area (Å²) in [4.78, 5) is 23.3. The quantitative estimate of drug-likeness (QED) is 0.738. The standard InChI is InChI=1S/C14H20N2O3/c1-3-5-13(17)16-12-7-4-6-11(10-12)14(18)15-8-9-19-2/h4,6-7,10H,3,5,8-9H2,1-2H3,(H,15,18)(H,16,17). The van der Waals surface area contributed by atoms with Crippen molar-refractivity contribution < 1.29 is 14.3 Å². The molecule has 19 heavy (non-hydrogen) atoms. The summed E-state index contributed by atoms with van der Waals surface area (Å²) in [7, 11) is 1.58. The Balaban J connectivity index is 2.60. The van der Waals surface area contributed by atoms with E-state index in [0.29, 0.717) is 30.8 Å². The van der Waals surface area contributed by atoms with Crippen molar-refractivity contribution in [1.29, 1.82) is 0 Å². The molecule has 0 atom stereocenters. The van der Waals surface area contributed by atoms with Gasteiger partial charge in [0.25, 0.3) is 5.91 Å². The van der Waals surface area contributed by atoms with Crippen LogP contribution in [-0.2, 0) is 9.53 Å². The van der Waals surface area contributed by atoms with Gasteiger partial charge in [-0.2, -0.15) is 0 Å². The van der Waals surface area contributed by atoms with Gasteiger partial charge in [-0.05, 0) is 24.6 Å². The average molecular weight is 264 g/mol. The van der Waals surface area contributed by atoms with Crippen LogP contribution < -0.4 is 10.6 Å². The first kappa shape index (κ1) is 15.2. The maximum Gasteiger partial charge on any atom is 0.251 e. The highest BCUT2D eigenvalue weighted by Gasteiger charge is 2.07. The van der Waals surface area contributed by atoms with Crippen molar-refractivity contribution in [3.63, 3.8) is 0 Å². The van der Waals surface area contributed by atoms with Crippen LogP contribution in [0.1, 0.15) is 30.1 Å². The number of benzene rings is 1. The molecular weight excluding hydrogens is 244 g/mol. The number of amides is 2. The molecule has 104 valence electrons. The summed E-state index contributed by atoms with van der Waals surface area (Å²) in [6.45, 7) is 2.87. The van der Waals surface area contributed by atoms with Gasteiger partial charge in [0.2, 0.25) is 5.91 Å². The third-order valence-corrected chi connectivity index (χ3v) is 2.48. The van der Waals surface area contributed by atoms with Crippen LogP contribution in [0.4, 0.5) is 5.69 Å². The lowest BCUT2D eigenvalue weighted by Crippen LogP contribution is -2.27. The molecule has 0 aliphatic rings. The van der Waals surface area contributed by atoms with Gasteiger partial charge in [-0.15, -0.1) is 0 Å². The molecule has 0 aliphatic carbocycles. The predicted octanol–water partition coefficient (Wildman–Crippen LogP) is 1.80. The van der Waals surface area contributed by atoms with Crippen molar-refractivity contribution in [3.05, 3.63) is 29.8 Å². The topological polar surface area (TPSA) is 67.4 Å². The Morgan fingerprint density at radius 1 is 1.32 bits per heavy atom. The fourth-order valence-electron chi connectivity index (χ4n) is 1.56. The maximum atomic E-state index is 11.8. The van der Waals surface area contributed by atoms with E-state index in [9.17, 15) is 9.59 Å². The van der Waals surface area contributed by atoms with Crippen LogP contribution in [0.5, 0.6) is 0 Å². The van der Waals surface area contributed by atoms with Gasteiger partial charge in [-0.25, -0.2) is 0 Å². The summed E-state index contributed by atoms with van der Waals surface area (Å²) in [5.41, 5.74) is 1.16. The third-order valence-electron chi connectivity index (χ3n) is 2.48. The molecule has 0 bridgehead atoms. The van der Waals surface area contributed by atoms with Gasteiger partial charge in [-0.1, -0.05) is 13.0 Å². The Morgan fingerprint density at radius 2 is 2.11 bits per heavy atom. The molecule has 0 saturated carbocycles. The van der Waals surface area contributed by atoms with E-state index in [1.165, 1.54) is 0 Å². The van der Waals surface area contributed by atoms with Crippen molar-refractivity contribution in [2.45, 2.75) is 19.8 Å². The van der Waals surface area contributed by atoms with E-state index in [2.05, 4.69) is 10.6 Å². The Morgan fingerprint density at radius 3 is 2.79 bits per heavy atom. The number of ether oxygens (including phenoxy) is 1. The summed E-state index contributed by atoms with van der Waals surface area (Å²) < 4.78 is 4.86. The van der Waals surface area contributed by atoms with Crippen LogP contribution in [0, 0.1) is 0 Å². The summed E-state index contributed by atoms with van der Waals surface area (Å²) in [5, 5.41) is 5.49. The van der Waals surface area contributed by atoms with E-state index in [4.69, 9.17) is 4.74 Å².